The van der Waals surface area contributed by atoms with E-state index in [0.29, 0.717) is 23.7 Å². The molecule has 2 aromatic carbocycles. The Bertz CT molecular complexity index is 1020. The predicted octanol–water partition coefficient (Wildman–Crippen LogP) is 2.98. The quantitative estimate of drug-likeness (QED) is 0.705. The summed E-state index contributed by atoms with van der Waals surface area (Å²) in [6.07, 6.45) is 0.276. The van der Waals surface area contributed by atoms with Gasteiger partial charge in [-0.2, -0.15) is 4.31 Å². The van der Waals surface area contributed by atoms with E-state index in [4.69, 9.17) is 16.3 Å². The van der Waals surface area contributed by atoms with Crippen molar-refractivity contribution >= 4 is 31.5 Å². The number of hydrogen-bond donors (Lipinski definition) is 0. The van der Waals surface area contributed by atoms with Crippen LogP contribution in [0.15, 0.2) is 58.3 Å². The SMILES string of the molecule is CCS(=O)(=O)c1cccc(S(=O)(=O)N2CCC(Oc3ccc(Cl)cc3)C2)c1. The fraction of sp³-hybridized carbons (Fsp3) is 0.333. The molecular weight excluding hydrogens is 410 g/mol. The first-order chi connectivity index (χ1) is 12.7. The molecule has 9 heteroatoms. The van der Waals surface area contributed by atoms with Gasteiger partial charge in [-0.15, -0.1) is 0 Å². The lowest BCUT2D eigenvalue weighted by Gasteiger charge is -2.18. The molecule has 0 aromatic heterocycles. The van der Waals surface area contributed by atoms with Crippen LogP contribution in [-0.2, 0) is 19.9 Å². The highest BCUT2D eigenvalue weighted by molar-refractivity contribution is 7.91. The van der Waals surface area contributed by atoms with Gasteiger partial charge in [-0.25, -0.2) is 16.8 Å². The first kappa shape index (κ1) is 20.1. The second-order valence-corrected chi connectivity index (χ2v) is 10.9. The second-order valence-electron chi connectivity index (χ2n) is 6.22. The summed E-state index contributed by atoms with van der Waals surface area (Å²) in [4.78, 5) is -0.0107. The van der Waals surface area contributed by atoms with E-state index in [2.05, 4.69) is 0 Å². The van der Waals surface area contributed by atoms with Crippen LogP contribution in [0.2, 0.25) is 5.02 Å². The summed E-state index contributed by atoms with van der Waals surface area (Å²) >= 11 is 5.85. The number of benzene rings is 2. The van der Waals surface area contributed by atoms with Gasteiger partial charge in [0.1, 0.15) is 11.9 Å². The third-order valence-corrected chi connectivity index (χ3v) is 8.25. The van der Waals surface area contributed by atoms with Crippen LogP contribution >= 0.6 is 11.6 Å². The zero-order valence-corrected chi connectivity index (χ0v) is 17.1. The Balaban J connectivity index is 1.76. The van der Waals surface area contributed by atoms with Crippen LogP contribution in [0.4, 0.5) is 0 Å². The van der Waals surface area contributed by atoms with E-state index in [1.165, 1.54) is 35.5 Å². The van der Waals surface area contributed by atoms with Crippen molar-refractivity contribution in [3.63, 3.8) is 0 Å². The van der Waals surface area contributed by atoms with Crippen molar-refractivity contribution in [1.29, 1.82) is 0 Å². The zero-order chi connectivity index (χ0) is 19.7. The summed E-state index contributed by atoms with van der Waals surface area (Å²) in [6, 6.07) is 12.4. The van der Waals surface area contributed by atoms with Crippen molar-refractivity contribution in [2.45, 2.75) is 29.2 Å². The number of ether oxygens (including phenoxy) is 1. The highest BCUT2D eigenvalue weighted by Gasteiger charge is 2.34. The molecule has 1 atom stereocenters. The summed E-state index contributed by atoms with van der Waals surface area (Å²) < 4.78 is 57.0. The third kappa shape index (κ3) is 4.45. The Labute approximate surface area is 164 Å². The van der Waals surface area contributed by atoms with Crippen LogP contribution < -0.4 is 4.74 Å². The van der Waals surface area contributed by atoms with Gasteiger partial charge in [-0.05, 0) is 48.9 Å². The standard InChI is InChI=1S/C18H20ClNO5S2/c1-2-26(21,22)17-4-3-5-18(12-17)27(23,24)20-11-10-16(13-20)25-15-8-6-14(19)7-9-15/h3-9,12,16H,2,10-11,13H2,1H3. The molecule has 0 bridgehead atoms. The lowest BCUT2D eigenvalue weighted by molar-refractivity contribution is 0.215. The normalized spacial score (nSPS) is 18.5. The number of sulfonamides is 1. The van der Waals surface area contributed by atoms with E-state index in [-0.39, 0.29) is 28.2 Å². The van der Waals surface area contributed by atoms with Gasteiger partial charge in [0.2, 0.25) is 10.0 Å². The van der Waals surface area contributed by atoms with Crippen LogP contribution in [-0.4, -0.2) is 46.1 Å². The molecule has 0 spiro atoms. The smallest absolute Gasteiger partial charge is 0.243 e. The van der Waals surface area contributed by atoms with E-state index in [1.54, 1.807) is 24.3 Å². The van der Waals surface area contributed by atoms with Crippen molar-refractivity contribution in [3.8, 4) is 5.75 Å². The molecule has 1 fully saturated rings. The zero-order valence-electron chi connectivity index (χ0n) is 14.7. The number of rotatable bonds is 6. The highest BCUT2D eigenvalue weighted by Crippen LogP contribution is 2.26. The summed E-state index contributed by atoms with van der Waals surface area (Å²) in [7, 11) is -7.27. The molecule has 0 saturated carbocycles. The molecule has 3 rings (SSSR count). The van der Waals surface area contributed by atoms with Gasteiger partial charge >= 0.3 is 0 Å². The first-order valence-electron chi connectivity index (χ1n) is 8.47. The molecule has 1 aliphatic rings. The van der Waals surface area contributed by atoms with Crippen molar-refractivity contribution < 1.29 is 21.6 Å². The lowest BCUT2D eigenvalue weighted by Crippen LogP contribution is -2.31. The molecule has 6 nitrogen and oxygen atoms in total. The predicted molar refractivity (Wildman–Crippen MR) is 103 cm³/mol. The van der Waals surface area contributed by atoms with Gasteiger partial charge in [0.25, 0.3) is 0 Å². The van der Waals surface area contributed by atoms with E-state index in [1.807, 2.05) is 0 Å². The minimum absolute atomic E-state index is 0.0132. The minimum Gasteiger partial charge on any atom is -0.489 e. The molecule has 1 aliphatic heterocycles. The van der Waals surface area contributed by atoms with E-state index in [9.17, 15) is 16.8 Å². The van der Waals surface area contributed by atoms with Crippen LogP contribution in [0.1, 0.15) is 13.3 Å². The monoisotopic (exact) mass is 429 g/mol. The molecule has 0 aliphatic carbocycles. The van der Waals surface area contributed by atoms with Crippen LogP contribution in [0.5, 0.6) is 5.75 Å². The fourth-order valence-electron chi connectivity index (χ4n) is 2.86. The molecular formula is C18H20ClNO5S2. The van der Waals surface area contributed by atoms with Crippen LogP contribution in [0, 0.1) is 0 Å². The Hall–Kier alpha value is -1.61. The van der Waals surface area contributed by atoms with Gasteiger partial charge in [0.15, 0.2) is 9.84 Å². The average Bonchev–Trinajstić information content (AvgIpc) is 3.13. The summed E-state index contributed by atoms with van der Waals surface area (Å²) in [6.45, 7) is 2.04. The summed E-state index contributed by atoms with van der Waals surface area (Å²) in [5.74, 6) is 0.539. The van der Waals surface area contributed by atoms with Gasteiger partial charge in [-0.1, -0.05) is 24.6 Å². The molecule has 0 amide bonds. The molecule has 1 unspecified atom stereocenters. The number of sulfone groups is 1. The van der Waals surface area contributed by atoms with Gasteiger partial charge in [-0.3, -0.25) is 0 Å². The Morgan fingerprint density at radius 1 is 1.07 bits per heavy atom. The van der Waals surface area contributed by atoms with Crippen LogP contribution in [0.25, 0.3) is 0 Å². The van der Waals surface area contributed by atoms with Crippen molar-refractivity contribution in [3.05, 3.63) is 53.6 Å². The van der Waals surface area contributed by atoms with Crippen LogP contribution in [0.3, 0.4) is 0 Å². The van der Waals surface area contributed by atoms with E-state index in [0.717, 1.165) is 0 Å². The topological polar surface area (TPSA) is 80.8 Å². The number of halogens is 1. The van der Waals surface area contributed by atoms with E-state index >= 15 is 0 Å². The fourth-order valence-corrected chi connectivity index (χ4v) is 5.52. The lowest BCUT2D eigenvalue weighted by atomic mass is 10.3. The Morgan fingerprint density at radius 3 is 2.41 bits per heavy atom. The maximum absolute atomic E-state index is 12.9. The maximum Gasteiger partial charge on any atom is 0.243 e. The Morgan fingerprint density at radius 2 is 1.74 bits per heavy atom. The van der Waals surface area contributed by atoms with Crippen molar-refractivity contribution in [1.82, 2.24) is 4.31 Å². The molecule has 2 aromatic rings. The molecule has 146 valence electrons. The van der Waals surface area contributed by atoms with Gasteiger partial charge < -0.3 is 4.74 Å². The van der Waals surface area contributed by atoms with Gasteiger partial charge in [0.05, 0.1) is 22.1 Å². The maximum atomic E-state index is 12.9. The summed E-state index contributed by atoms with van der Waals surface area (Å²) in [5, 5.41) is 0.597. The molecule has 0 radical (unpaired) electrons. The minimum atomic E-state index is -3.79. The molecule has 1 saturated heterocycles. The number of nitrogens with zero attached hydrogens (tertiary/aromatic N) is 1. The van der Waals surface area contributed by atoms with E-state index < -0.39 is 19.9 Å². The number of hydrogen-bond acceptors (Lipinski definition) is 5. The second kappa shape index (κ2) is 7.79. The molecule has 1 heterocycles. The summed E-state index contributed by atoms with van der Waals surface area (Å²) in [5.41, 5.74) is 0. The largest absolute Gasteiger partial charge is 0.489 e. The molecule has 27 heavy (non-hydrogen) atoms. The third-order valence-electron chi connectivity index (χ3n) is 4.41. The van der Waals surface area contributed by atoms with Crippen molar-refractivity contribution in [2.24, 2.45) is 0 Å². The van der Waals surface area contributed by atoms with Gasteiger partial charge in [0, 0.05) is 11.6 Å². The van der Waals surface area contributed by atoms with Crippen molar-refractivity contribution in [2.75, 3.05) is 18.8 Å². The highest BCUT2D eigenvalue weighted by atomic mass is 35.5. The Kier molecular flexibility index (Phi) is 5.81. The average molecular weight is 430 g/mol. The molecule has 0 N–H and O–H groups in total. The first-order valence-corrected chi connectivity index (χ1v) is 11.9.